The Morgan fingerprint density at radius 2 is 1.94 bits per heavy atom. The number of nitrogens with zero attached hydrogens (tertiary/aromatic N) is 1. The first kappa shape index (κ1) is 12.5. The maximum atomic E-state index is 13.1. The summed E-state index contributed by atoms with van der Waals surface area (Å²) in [5.74, 6) is -2.29. The average Bonchev–Trinajstić information content (AvgIpc) is 2.58. The molecule has 96 valence electrons. The van der Waals surface area contributed by atoms with E-state index in [1.165, 1.54) is 17.0 Å². The molecule has 1 saturated heterocycles. The second kappa shape index (κ2) is 4.72. The van der Waals surface area contributed by atoms with Crippen LogP contribution in [0.1, 0.15) is 24.4 Å². The molecule has 1 aromatic carbocycles. The Kier molecular flexibility index (Phi) is 3.27. The van der Waals surface area contributed by atoms with Crippen molar-refractivity contribution in [2.45, 2.75) is 18.9 Å². The maximum Gasteiger partial charge on any atom is 0.237 e. The third-order valence-electron chi connectivity index (χ3n) is 2.92. The maximum absolute atomic E-state index is 13.1. The molecular formula is C12H12F2N2O2. The summed E-state index contributed by atoms with van der Waals surface area (Å²) in [5.41, 5.74) is 5.40. The van der Waals surface area contributed by atoms with Gasteiger partial charge in [-0.3, -0.25) is 9.59 Å². The van der Waals surface area contributed by atoms with Crippen molar-refractivity contribution >= 4 is 11.8 Å². The second-order valence-electron chi connectivity index (χ2n) is 4.25. The molecule has 0 aromatic heterocycles. The van der Waals surface area contributed by atoms with Gasteiger partial charge in [-0.25, -0.2) is 8.78 Å². The molecule has 0 bridgehead atoms. The van der Waals surface area contributed by atoms with Crippen molar-refractivity contribution in [3.63, 3.8) is 0 Å². The number of carbonyl (C=O) groups excluding carboxylic acids is 2. The summed E-state index contributed by atoms with van der Waals surface area (Å²) >= 11 is 0. The molecule has 2 amide bonds. The van der Waals surface area contributed by atoms with E-state index in [1.807, 2.05) is 0 Å². The van der Waals surface area contributed by atoms with Crippen LogP contribution in [0.2, 0.25) is 0 Å². The molecule has 1 atom stereocenters. The fourth-order valence-electron chi connectivity index (χ4n) is 2.21. The molecule has 6 heteroatoms. The highest BCUT2D eigenvalue weighted by molar-refractivity contribution is 5.85. The topological polar surface area (TPSA) is 63.4 Å². The molecule has 0 aliphatic carbocycles. The highest BCUT2D eigenvalue weighted by Crippen LogP contribution is 2.33. The minimum atomic E-state index is -0.705. The number of likely N-dealkylation sites (tertiary alicyclic amines) is 1. The van der Waals surface area contributed by atoms with Crippen molar-refractivity contribution in [3.8, 4) is 0 Å². The minimum absolute atomic E-state index is 0.233. The lowest BCUT2D eigenvalue weighted by molar-refractivity contribution is -0.133. The average molecular weight is 254 g/mol. The smallest absolute Gasteiger partial charge is 0.237 e. The molecule has 0 spiro atoms. The van der Waals surface area contributed by atoms with Crippen LogP contribution in [-0.2, 0) is 9.59 Å². The van der Waals surface area contributed by atoms with Crippen molar-refractivity contribution in [2.24, 2.45) is 5.73 Å². The number of hydrogen-bond donors (Lipinski definition) is 1. The quantitative estimate of drug-likeness (QED) is 0.878. The van der Waals surface area contributed by atoms with Crippen LogP contribution in [0, 0.1) is 11.6 Å². The standard InChI is InChI=1S/C12H12F2N2O2/c13-8-3-7(4-9(14)5-8)10-1-2-12(18)16(10)6-11(15)17/h3-5,10H,1-2,6H2,(H2,15,17). The first-order valence-electron chi connectivity index (χ1n) is 5.51. The zero-order valence-electron chi connectivity index (χ0n) is 9.53. The van der Waals surface area contributed by atoms with Gasteiger partial charge in [-0.1, -0.05) is 0 Å². The van der Waals surface area contributed by atoms with E-state index in [0.717, 1.165) is 6.07 Å². The van der Waals surface area contributed by atoms with Gasteiger partial charge in [0.2, 0.25) is 11.8 Å². The molecule has 4 nitrogen and oxygen atoms in total. The van der Waals surface area contributed by atoms with Crippen molar-refractivity contribution in [1.29, 1.82) is 0 Å². The summed E-state index contributed by atoms with van der Waals surface area (Å²) in [6, 6.07) is 2.61. The molecule has 1 aromatic rings. The summed E-state index contributed by atoms with van der Waals surface area (Å²) in [4.78, 5) is 23.7. The largest absolute Gasteiger partial charge is 0.368 e. The van der Waals surface area contributed by atoms with E-state index in [2.05, 4.69) is 0 Å². The van der Waals surface area contributed by atoms with E-state index in [1.54, 1.807) is 0 Å². The Labute approximate surface area is 102 Å². The van der Waals surface area contributed by atoms with Crippen LogP contribution in [0.3, 0.4) is 0 Å². The van der Waals surface area contributed by atoms with E-state index >= 15 is 0 Å². The number of hydrogen-bond acceptors (Lipinski definition) is 2. The number of benzene rings is 1. The SMILES string of the molecule is NC(=O)CN1C(=O)CCC1c1cc(F)cc(F)c1. The molecule has 1 aliphatic heterocycles. The number of carbonyl (C=O) groups is 2. The number of amides is 2. The Morgan fingerprint density at radius 1 is 1.33 bits per heavy atom. The van der Waals surface area contributed by atoms with E-state index in [0.29, 0.717) is 12.0 Å². The van der Waals surface area contributed by atoms with Gasteiger partial charge >= 0.3 is 0 Å². The Morgan fingerprint density at radius 3 is 2.50 bits per heavy atom. The molecule has 1 fully saturated rings. The van der Waals surface area contributed by atoms with Crippen molar-refractivity contribution in [2.75, 3.05) is 6.54 Å². The van der Waals surface area contributed by atoms with Gasteiger partial charge in [0.25, 0.3) is 0 Å². The van der Waals surface area contributed by atoms with Crippen molar-refractivity contribution in [3.05, 3.63) is 35.4 Å². The van der Waals surface area contributed by atoms with Gasteiger partial charge < -0.3 is 10.6 Å². The fraction of sp³-hybridized carbons (Fsp3) is 0.333. The van der Waals surface area contributed by atoms with Crippen LogP contribution < -0.4 is 5.73 Å². The van der Waals surface area contributed by atoms with Crippen molar-refractivity contribution in [1.82, 2.24) is 4.90 Å². The summed E-state index contributed by atoms with van der Waals surface area (Å²) in [7, 11) is 0. The number of nitrogens with two attached hydrogens (primary N) is 1. The lowest BCUT2D eigenvalue weighted by atomic mass is 10.0. The van der Waals surface area contributed by atoms with Gasteiger partial charge in [0, 0.05) is 12.5 Å². The van der Waals surface area contributed by atoms with Gasteiger partial charge in [0.05, 0.1) is 12.6 Å². The number of rotatable bonds is 3. The predicted octanol–water partition coefficient (Wildman–Crippen LogP) is 1.11. The van der Waals surface area contributed by atoms with E-state index in [4.69, 9.17) is 5.73 Å². The summed E-state index contributed by atoms with van der Waals surface area (Å²) < 4.78 is 26.3. The van der Waals surface area contributed by atoms with Gasteiger partial charge in [-0.15, -0.1) is 0 Å². The molecule has 2 rings (SSSR count). The monoisotopic (exact) mass is 254 g/mol. The number of halogens is 2. The van der Waals surface area contributed by atoms with Crippen LogP contribution in [0.15, 0.2) is 18.2 Å². The van der Waals surface area contributed by atoms with E-state index in [-0.39, 0.29) is 18.9 Å². The molecule has 1 heterocycles. The van der Waals surface area contributed by atoms with Crippen LogP contribution in [0.4, 0.5) is 8.78 Å². The predicted molar refractivity (Wildman–Crippen MR) is 59.2 cm³/mol. The fourth-order valence-corrected chi connectivity index (χ4v) is 2.21. The Hall–Kier alpha value is -1.98. The second-order valence-corrected chi connectivity index (χ2v) is 4.25. The molecule has 1 aliphatic rings. The molecule has 0 radical (unpaired) electrons. The van der Waals surface area contributed by atoms with E-state index in [9.17, 15) is 18.4 Å². The normalized spacial score (nSPS) is 19.3. The number of primary amides is 1. The zero-order chi connectivity index (χ0) is 13.3. The zero-order valence-corrected chi connectivity index (χ0v) is 9.53. The molecule has 18 heavy (non-hydrogen) atoms. The van der Waals surface area contributed by atoms with E-state index < -0.39 is 23.6 Å². The third kappa shape index (κ3) is 2.47. The van der Waals surface area contributed by atoms with Crippen molar-refractivity contribution < 1.29 is 18.4 Å². The summed E-state index contributed by atoms with van der Waals surface area (Å²) in [5, 5.41) is 0. The Balaban J connectivity index is 2.30. The molecule has 1 unspecified atom stereocenters. The molecule has 0 saturated carbocycles. The lowest BCUT2D eigenvalue weighted by Crippen LogP contribution is -2.36. The first-order valence-corrected chi connectivity index (χ1v) is 5.51. The first-order chi connectivity index (χ1) is 8.47. The molecule has 2 N–H and O–H groups in total. The van der Waals surface area contributed by atoms with Crippen LogP contribution in [-0.4, -0.2) is 23.3 Å². The van der Waals surface area contributed by atoms with Crippen LogP contribution in [0.5, 0.6) is 0 Å². The lowest BCUT2D eigenvalue weighted by Gasteiger charge is -2.23. The third-order valence-corrected chi connectivity index (χ3v) is 2.92. The summed E-state index contributed by atoms with van der Waals surface area (Å²) in [6.45, 7) is -0.234. The summed E-state index contributed by atoms with van der Waals surface area (Å²) in [6.07, 6.45) is 0.672. The highest BCUT2D eigenvalue weighted by atomic mass is 19.1. The van der Waals surface area contributed by atoms with Gasteiger partial charge in [0.1, 0.15) is 11.6 Å². The minimum Gasteiger partial charge on any atom is -0.368 e. The van der Waals surface area contributed by atoms with Gasteiger partial charge in [0.15, 0.2) is 0 Å². The van der Waals surface area contributed by atoms with Crippen LogP contribution >= 0.6 is 0 Å². The van der Waals surface area contributed by atoms with Gasteiger partial charge in [-0.05, 0) is 24.1 Å². The highest BCUT2D eigenvalue weighted by Gasteiger charge is 2.33. The molecular weight excluding hydrogens is 242 g/mol. The van der Waals surface area contributed by atoms with Crippen LogP contribution in [0.25, 0.3) is 0 Å². The Bertz CT molecular complexity index is 485. The van der Waals surface area contributed by atoms with Gasteiger partial charge in [-0.2, -0.15) is 0 Å².